The normalized spacial score (nSPS) is 25.5. The maximum Gasteiger partial charge on any atom is 0.220 e. The summed E-state index contributed by atoms with van der Waals surface area (Å²) >= 11 is 0. The second-order valence-corrected chi connectivity index (χ2v) is 3.60. The van der Waals surface area contributed by atoms with Crippen LogP contribution in [0.15, 0.2) is 0 Å². The number of carbonyl (C=O) groups is 1. The highest BCUT2D eigenvalue weighted by Crippen LogP contribution is 2.15. The highest BCUT2D eigenvalue weighted by molar-refractivity contribution is 5.78. The molecular formula is C9H17NO2. The van der Waals surface area contributed by atoms with Gasteiger partial charge in [0.2, 0.25) is 5.91 Å². The molecule has 1 fully saturated rings. The van der Waals surface area contributed by atoms with Gasteiger partial charge in [-0.3, -0.25) is 4.79 Å². The van der Waals surface area contributed by atoms with Crippen LogP contribution >= 0.6 is 0 Å². The first-order valence-corrected chi connectivity index (χ1v) is 4.50. The predicted octanol–water partition coefficient (Wildman–Crippen LogP) is 0.938. The minimum atomic E-state index is 0.199. The Hall–Kier alpha value is -0.570. The van der Waals surface area contributed by atoms with E-state index in [0.29, 0.717) is 18.4 Å². The molecular weight excluding hydrogens is 154 g/mol. The third kappa shape index (κ3) is 2.81. The summed E-state index contributed by atoms with van der Waals surface area (Å²) < 4.78 is 5.03. The SMILES string of the molecule is COCC(C)CC1CCC(=O)N1. The Morgan fingerprint density at radius 1 is 1.75 bits per heavy atom. The molecule has 0 aromatic heterocycles. The molecule has 1 N–H and O–H groups in total. The van der Waals surface area contributed by atoms with E-state index in [1.165, 1.54) is 0 Å². The van der Waals surface area contributed by atoms with Crippen LogP contribution in [0.1, 0.15) is 26.2 Å². The van der Waals surface area contributed by atoms with Crippen LogP contribution in [0.5, 0.6) is 0 Å². The van der Waals surface area contributed by atoms with Crippen LogP contribution in [0.4, 0.5) is 0 Å². The molecule has 0 saturated carbocycles. The van der Waals surface area contributed by atoms with E-state index in [-0.39, 0.29) is 5.91 Å². The van der Waals surface area contributed by atoms with E-state index in [9.17, 15) is 4.79 Å². The van der Waals surface area contributed by atoms with Gasteiger partial charge >= 0.3 is 0 Å². The smallest absolute Gasteiger partial charge is 0.220 e. The van der Waals surface area contributed by atoms with Crippen molar-refractivity contribution < 1.29 is 9.53 Å². The highest BCUT2D eigenvalue weighted by atomic mass is 16.5. The summed E-state index contributed by atoms with van der Waals surface area (Å²) in [5.74, 6) is 0.739. The number of carbonyl (C=O) groups excluding carboxylic acids is 1. The van der Waals surface area contributed by atoms with Crippen molar-refractivity contribution in [2.45, 2.75) is 32.2 Å². The largest absolute Gasteiger partial charge is 0.384 e. The van der Waals surface area contributed by atoms with Crippen molar-refractivity contribution in [3.63, 3.8) is 0 Å². The molecule has 3 nitrogen and oxygen atoms in total. The highest BCUT2D eigenvalue weighted by Gasteiger charge is 2.22. The van der Waals surface area contributed by atoms with Gasteiger partial charge in [0.25, 0.3) is 0 Å². The van der Waals surface area contributed by atoms with E-state index in [2.05, 4.69) is 12.2 Å². The van der Waals surface area contributed by atoms with Crippen molar-refractivity contribution in [3.05, 3.63) is 0 Å². The maximum absolute atomic E-state index is 10.9. The summed E-state index contributed by atoms with van der Waals surface area (Å²) in [7, 11) is 1.71. The Morgan fingerprint density at radius 2 is 2.50 bits per heavy atom. The summed E-state index contributed by atoms with van der Waals surface area (Å²) in [4.78, 5) is 10.9. The van der Waals surface area contributed by atoms with E-state index in [0.717, 1.165) is 19.4 Å². The van der Waals surface area contributed by atoms with Crippen molar-refractivity contribution in [1.82, 2.24) is 5.32 Å². The Morgan fingerprint density at radius 3 is 3.00 bits per heavy atom. The minimum absolute atomic E-state index is 0.199. The fourth-order valence-electron chi connectivity index (χ4n) is 1.69. The number of methoxy groups -OCH3 is 1. The molecule has 1 heterocycles. The zero-order valence-corrected chi connectivity index (χ0v) is 7.80. The molecule has 12 heavy (non-hydrogen) atoms. The van der Waals surface area contributed by atoms with Gasteiger partial charge in [-0.25, -0.2) is 0 Å². The molecule has 2 unspecified atom stereocenters. The van der Waals surface area contributed by atoms with Gasteiger partial charge in [-0.05, 0) is 18.8 Å². The van der Waals surface area contributed by atoms with Crippen molar-refractivity contribution in [1.29, 1.82) is 0 Å². The van der Waals surface area contributed by atoms with E-state index >= 15 is 0 Å². The van der Waals surface area contributed by atoms with E-state index in [1.54, 1.807) is 7.11 Å². The number of hydrogen-bond donors (Lipinski definition) is 1. The van der Waals surface area contributed by atoms with Gasteiger partial charge < -0.3 is 10.1 Å². The standard InChI is InChI=1S/C9H17NO2/c1-7(6-12-2)5-8-3-4-9(11)10-8/h7-8H,3-6H2,1-2H3,(H,10,11). The minimum Gasteiger partial charge on any atom is -0.384 e. The first kappa shape index (κ1) is 9.52. The summed E-state index contributed by atoms with van der Waals surface area (Å²) in [6, 6.07) is 0.391. The Bertz CT molecular complexity index is 159. The van der Waals surface area contributed by atoms with Crippen molar-refractivity contribution >= 4 is 5.91 Å². The van der Waals surface area contributed by atoms with Gasteiger partial charge in [-0.2, -0.15) is 0 Å². The zero-order chi connectivity index (χ0) is 8.97. The molecule has 1 aliphatic rings. The average molecular weight is 171 g/mol. The molecule has 0 aromatic rings. The average Bonchev–Trinajstić information content (AvgIpc) is 2.36. The zero-order valence-electron chi connectivity index (χ0n) is 7.80. The lowest BCUT2D eigenvalue weighted by molar-refractivity contribution is -0.119. The molecule has 1 amide bonds. The number of hydrogen-bond acceptors (Lipinski definition) is 2. The molecule has 1 saturated heterocycles. The summed E-state index contributed by atoms with van der Waals surface area (Å²) in [6.45, 7) is 2.93. The molecule has 0 spiro atoms. The monoisotopic (exact) mass is 171 g/mol. The van der Waals surface area contributed by atoms with Gasteiger partial charge in [0, 0.05) is 26.2 Å². The molecule has 1 aliphatic heterocycles. The molecule has 0 aliphatic carbocycles. The fourth-order valence-corrected chi connectivity index (χ4v) is 1.69. The van der Waals surface area contributed by atoms with E-state index in [4.69, 9.17) is 4.74 Å². The lowest BCUT2D eigenvalue weighted by atomic mass is 10.0. The molecule has 3 heteroatoms. The first-order valence-electron chi connectivity index (χ1n) is 4.50. The maximum atomic E-state index is 10.9. The second-order valence-electron chi connectivity index (χ2n) is 3.60. The number of amides is 1. The van der Waals surface area contributed by atoms with Crippen molar-refractivity contribution in [3.8, 4) is 0 Å². The molecule has 0 radical (unpaired) electrons. The number of ether oxygens (including phenoxy) is 1. The van der Waals surface area contributed by atoms with Gasteiger partial charge in [-0.1, -0.05) is 6.92 Å². The van der Waals surface area contributed by atoms with Crippen LogP contribution in [-0.2, 0) is 9.53 Å². The van der Waals surface area contributed by atoms with E-state index < -0.39 is 0 Å². The van der Waals surface area contributed by atoms with Crippen LogP contribution in [0.2, 0.25) is 0 Å². The van der Waals surface area contributed by atoms with Crippen LogP contribution < -0.4 is 5.32 Å². The summed E-state index contributed by atoms with van der Waals surface area (Å²) in [5, 5.41) is 2.95. The third-order valence-corrected chi connectivity index (χ3v) is 2.22. The number of rotatable bonds is 4. The van der Waals surface area contributed by atoms with Gasteiger partial charge in [-0.15, -0.1) is 0 Å². The van der Waals surface area contributed by atoms with Crippen LogP contribution in [-0.4, -0.2) is 25.7 Å². The second kappa shape index (κ2) is 4.45. The molecule has 0 aromatic carbocycles. The van der Waals surface area contributed by atoms with Gasteiger partial charge in [0.15, 0.2) is 0 Å². The quantitative estimate of drug-likeness (QED) is 0.683. The van der Waals surface area contributed by atoms with E-state index in [1.807, 2.05) is 0 Å². The fraction of sp³-hybridized carbons (Fsp3) is 0.889. The number of nitrogens with one attached hydrogen (secondary N) is 1. The Labute approximate surface area is 73.5 Å². The summed E-state index contributed by atoms with van der Waals surface area (Å²) in [6.07, 6.45) is 2.73. The lowest BCUT2D eigenvalue weighted by Crippen LogP contribution is -2.27. The predicted molar refractivity (Wildman–Crippen MR) is 46.8 cm³/mol. The van der Waals surface area contributed by atoms with Crippen molar-refractivity contribution in [2.24, 2.45) is 5.92 Å². The topological polar surface area (TPSA) is 38.3 Å². The molecule has 0 bridgehead atoms. The van der Waals surface area contributed by atoms with Crippen LogP contribution in [0, 0.1) is 5.92 Å². The Kier molecular flexibility index (Phi) is 3.53. The third-order valence-electron chi connectivity index (χ3n) is 2.22. The summed E-state index contributed by atoms with van der Waals surface area (Å²) in [5.41, 5.74) is 0. The lowest BCUT2D eigenvalue weighted by Gasteiger charge is -2.15. The first-order chi connectivity index (χ1) is 5.72. The molecule has 70 valence electrons. The van der Waals surface area contributed by atoms with Gasteiger partial charge in [0.1, 0.15) is 0 Å². The molecule has 1 rings (SSSR count). The van der Waals surface area contributed by atoms with Gasteiger partial charge in [0.05, 0.1) is 0 Å². The molecule has 2 atom stereocenters. The van der Waals surface area contributed by atoms with Crippen LogP contribution in [0.25, 0.3) is 0 Å². The van der Waals surface area contributed by atoms with Crippen molar-refractivity contribution in [2.75, 3.05) is 13.7 Å². The van der Waals surface area contributed by atoms with Crippen LogP contribution in [0.3, 0.4) is 0 Å². The Balaban J connectivity index is 2.18.